The molecular weight excluding hydrogens is 352 g/mol. The molecule has 0 spiro atoms. The summed E-state index contributed by atoms with van der Waals surface area (Å²) in [5, 5.41) is 1.30. The zero-order valence-electron chi connectivity index (χ0n) is 12.4. The molecule has 0 radical (unpaired) electrons. The number of rotatable bonds is 5. The van der Waals surface area contributed by atoms with Gasteiger partial charge in [0.05, 0.1) is 7.11 Å². The molecule has 0 aliphatic rings. The minimum Gasteiger partial charge on any atom is -0.493 e. The van der Waals surface area contributed by atoms with E-state index in [0.29, 0.717) is 22.7 Å². The summed E-state index contributed by atoms with van der Waals surface area (Å²) in [4.78, 5) is 0. The van der Waals surface area contributed by atoms with Crippen LogP contribution in [0.15, 0.2) is 30.3 Å². The van der Waals surface area contributed by atoms with E-state index in [1.165, 1.54) is 11.1 Å². The molecule has 0 aliphatic carbocycles. The number of ether oxygens (including phenoxy) is 2. The molecule has 0 aromatic heterocycles. The third-order valence-electron chi connectivity index (χ3n) is 3.13. The van der Waals surface area contributed by atoms with Gasteiger partial charge in [0, 0.05) is 22.0 Å². The Morgan fingerprint density at radius 1 is 1.05 bits per heavy atom. The van der Waals surface area contributed by atoms with Gasteiger partial charge in [-0.25, -0.2) is 0 Å². The third kappa shape index (κ3) is 4.14. The molecule has 0 bridgehead atoms. The van der Waals surface area contributed by atoms with Crippen LogP contribution in [0.25, 0.3) is 0 Å². The number of aryl methyl sites for hydroxylation is 2. The zero-order valence-corrected chi connectivity index (χ0v) is 14.7. The van der Waals surface area contributed by atoms with Gasteiger partial charge in [-0.3, -0.25) is 0 Å². The molecule has 21 heavy (non-hydrogen) atoms. The van der Waals surface area contributed by atoms with E-state index in [4.69, 9.17) is 21.1 Å². The number of halogens is 2. The highest BCUT2D eigenvalue weighted by molar-refractivity contribution is 9.08. The first-order valence-electron chi connectivity index (χ1n) is 6.66. The fraction of sp³-hybridized carbons (Fsp3) is 0.294. The number of alkyl halides is 1. The van der Waals surface area contributed by atoms with Crippen LogP contribution in [0.4, 0.5) is 0 Å². The van der Waals surface area contributed by atoms with Gasteiger partial charge in [0.1, 0.15) is 6.61 Å². The van der Waals surface area contributed by atoms with Crippen molar-refractivity contribution in [3.63, 3.8) is 0 Å². The maximum Gasteiger partial charge on any atom is 0.165 e. The van der Waals surface area contributed by atoms with Crippen LogP contribution in [0, 0.1) is 13.8 Å². The van der Waals surface area contributed by atoms with E-state index < -0.39 is 0 Å². The van der Waals surface area contributed by atoms with E-state index >= 15 is 0 Å². The monoisotopic (exact) mass is 368 g/mol. The van der Waals surface area contributed by atoms with Crippen molar-refractivity contribution in [1.29, 1.82) is 0 Å². The average Bonchev–Trinajstić information content (AvgIpc) is 2.43. The van der Waals surface area contributed by atoms with E-state index in [1.807, 2.05) is 6.07 Å². The van der Waals surface area contributed by atoms with E-state index in [0.717, 1.165) is 16.9 Å². The first kappa shape index (κ1) is 16.2. The predicted molar refractivity (Wildman–Crippen MR) is 90.9 cm³/mol. The lowest BCUT2D eigenvalue weighted by molar-refractivity contribution is 0.282. The minimum absolute atomic E-state index is 0.501. The zero-order chi connectivity index (χ0) is 15.4. The number of hydrogen-bond donors (Lipinski definition) is 0. The highest BCUT2D eigenvalue weighted by atomic mass is 79.9. The van der Waals surface area contributed by atoms with Crippen LogP contribution in [0.2, 0.25) is 5.02 Å². The lowest BCUT2D eigenvalue weighted by atomic mass is 10.1. The molecule has 4 heteroatoms. The second-order valence-corrected chi connectivity index (χ2v) is 6.01. The quantitative estimate of drug-likeness (QED) is 0.653. The van der Waals surface area contributed by atoms with Crippen LogP contribution < -0.4 is 9.47 Å². The maximum atomic E-state index is 6.08. The van der Waals surface area contributed by atoms with Crippen LogP contribution in [0.1, 0.15) is 22.3 Å². The van der Waals surface area contributed by atoms with Gasteiger partial charge in [0.15, 0.2) is 11.5 Å². The molecule has 2 aromatic rings. The van der Waals surface area contributed by atoms with Gasteiger partial charge in [-0.05, 0) is 25.5 Å². The Bertz CT molecular complexity index is 595. The topological polar surface area (TPSA) is 18.5 Å². The normalized spacial score (nSPS) is 10.5. The lowest BCUT2D eigenvalue weighted by Crippen LogP contribution is -2.01. The van der Waals surface area contributed by atoms with Crippen molar-refractivity contribution in [2.75, 3.05) is 7.11 Å². The number of hydrogen-bond acceptors (Lipinski definition) is 2. The Balaban J connectivity index is 2.26. The maximum absolute atomic E-state index is 6.08. The molecule has 0 aliphatic heterocycles. The van der Waals surface area contributed by atoms with Crippen molar-refractivity contribution in [1.82, 2.24) is 0 Å². The Labute approximate surface area is 139 Å². The molecule has 0 heterocycles. The molecule has 0 unspecified atom stereocenters. The number of methoxy groups -OCH3 is 1. The molecule has 0 fully saturated rings. The molecular formula is C17H18BrClO2. The van der Waals surface area contributed by atoms with Gasteiger partial charge in [0.25, 0.3) is 0 Å². The summed E-state index contributed by atoms with van der Waals surface area (Å²) < 4.78 is 11.4. The third-order valence-corrected chi connectivity index (χ3v) is 3.95. The summed E-state index contributed by atoms with van der Waals surface area (Å²) >= 11 is 9.54. The summed E-state index contributed by atoms with van der Waals surface area (Å²) in [6.07, 6.45) is 0. The first-order valence-corrected chi connectivity index (χ1v) is 8.15. The second-order valence-electron chi connectivity index (χ2n) is 5.01. The summed E-state index contributed by atoms with van der Waals surface area (Å²) in [5.41, 5.74) is 4.59. The van der Waals surface area contributed by atoms with E-state index in [9.17, 15) is 0 Å². The van der Waals surface area contributed by atoms with E-state index in [2.05, 4.69) is 48.0 Å². The van der Waals surface area contributed by atoms with Crippen molar-refractivity contribution in [2.24, 2.45) is 0 Å². The largest absolute Gasteiger partial charge is 0.493 e. The smallest absolute Gasteiger partial charge is 0.165 e. The highest BCUT2D eigenvalue weighted by Gasteiger charge is 2.12. The first-order chi connectivity index (χ1) is 10.0. The van der Waals surface area contributed by atoms with Crippen molar-refractivity contribution in [2.45, 2.75) is 25.8 Å². The van der Waals surface area contributed by atoms with E-state index in [-0.39, 0.29) is 0 Å². The molecule has 0 saturated heterocycles. The standard InChI is InChI=1S/C17H18BrClO2/c1-11-4-12(2)6-13(5-11)10-21-17-14(9-18)7-15(19)8-16(17)20-3/h4-8H,9-10H2,1-3H3. The van der Waals surface area contributed by atoms with Crippen LogP contribution in [0.3, 0.4) is 0 Å². The Morgan fingerprint density at radius 3 is 2.29 bits per heavy atom. The van der Waals surface area contributed by atoms with Crippen LogP contribution in [-0.4, -0.2) is 7.11 Å². The van der Waals surface area contributed by atoms with Crippen molar-refractivity contribution < 1.29 is 9.47 Å². The predicted octanol–water partition coefficient (Wildman–Crippen LogP) is 5.44. The highest BCUT2D eigenvalue weighted by Crippen LogP contribution is 2.36. The SMILES string of the molecule is COc1cc(Cl)cc(CBr)c1OCc1cc(C)cc(C)c1. The molecule has 2 rings (SSSR count). The Hall–Kier alpha value is -1.19. The van der Waals surface area contributed by atoms with Crippen LogP contribution in [-0.2, 0) is 11.9 Å². The molecule has 0 saturated carbocycles. The van der Waals surface area contributed by atoms with Gasteiger partial charge in [0.2, 0.25) is 0 Å². The average molecular weight is 370 g/mol. The van der Waals surface area contributed by atoms with Crippen LogP contribution in [0.5, 0.6) is 11.5 Å². The summed E-state index contributed by atoms with van der Waals surface area (Å²) in [6.45, 7) is 4.67. The van der Waals surface area contributed by atoms with Gasteiger partial charge in [-0.1, -0.05) is 56.9 Å². The number of benzene rings is 2. The molecule has 2 aromatic carbocycles. The summed E-state index contributed by atoms with van der Waals surface area (Å²) in [6, 6.07) is 10.1. The Morgan fingerprint density at radius 2 is 1.71 bits per heavy atom. The van der Waals surface area contributed by atoms with Crippen molar-refractivity contribution in [3.8, 4) is 11.5 Å². The summed E-state index contributed by atoms with van der Waals surface area (Å²) in [7, 11) is 1.62. The fourth-order valence-corrected chi connectivity index (χ4v) is 2.99. The van der Waals surface area contributed by atoms with E-state index in [1.54, 1.807) is 13.2 Å². The fourth-order valence-electron chi connectivity index (χ4n) is 2.35. The molecule has 2 nitrogen and oxygen atoms in total. The van der Waals surface area contributed by atoms with Crippen molar-refractivity contribution in [3.05, 3.63) is 57.6 Å². The molecule has 0 N–H and O–H groups in total. The molecule has 112 valence electrons. The van der Waals surface area contributed by atoms with Gasteiger partial charge < -0.3 is 9.47 Å². The summed E-state index contributed by atoms with van der Waals surface area (Å²) in [5.74, 6) is 1.39. The van der Waals surface area contributed by atoms with Crippen molar-refractivity contribution >= 4 is 27.5 Å². The lowest BCUT2D eigenvalue weighted by Gasteiger charge is -2.15. The van der Waals surface area contributed by atoms with Crippen LogP contribution >= 0.6 is 27.5 Å². The molecule has 0 atom stereocenters. The second kappa shape index (κ2) is 7.19. The van der Waals surface area contributed by atoms with Gasteiger partial charge in [-0.2, -0.15) is 0 Å². The minimum atomic E-state index is 0.501. The van der Waals surface area contributed by atoms with Gasteiger partial charge >= 0.3 is 0 Å². The van der Waals surface area contributed by atoms with Gasteiger partial charge in [-0.15, -0.1) is 0 Å². The molecule has 0 amide bonds. The Kier molecular flexibility index (Phi) is 5.54.